The van der Waals surface area contributed by atoms with Crippen LogP contribution in [-0.2, 0) is 16.0 Å². The van der Waals surface area contributed by atoms with Gasteiger partial charge < -0.3 is 10.6 Å². The molecule has 4 nitrogen and oxygen atoms in total. The average Bonchev–Trinajstić information content (AvgIpc) is 2.54. The van der Waals surface area contributed by atoms with Crippen LogP contribution in [0.25, 0.3) is 10.8 Å². The third-order valence-electron chi connectivity index (χ3n) is 4.00. The van der Waals surface area contributed by atoms with E-state index >= 15 is 0 Å². The summed E-state index contributed by atoms with van der Waals surface area (Å²) in [6.45, 7) is 5.66. The largest absolute Gasteiger partial charge is 0.352 e. The number of amides is 2. The average molecular weight is 312 g/mol. The van der Waals surface area contributed by atoms with Crippen LogP contribution in [0.1, 0.15) is 32.8 Å². The molecule has 2 aromatic carbocycles. The Hall–Kier alpha value is -2.36. The summed E-state index contributed by atoms with van der Waals surface area (Å²) in [7, 11) is 0. The lowest BCUT2D eigenvalue weighted by molar-refractivity contribution is -0.128. The molecule has 2 aromatic rings. The van der Waals surface area contributed by atoms with Crippen molar-refractivity contribution in [2.45, 2.75) is 45.7 Å². The van der Waals surface area contributed by atoms with Gasteiger partial charge in [0.25, 0.3) is 0 Å². The molecule has 0 aliphatic heterocycles. The van der Waals surface area contributed by atoms with Crippen LogP contribution in [0.2, 0.25) is 0 Å². The van der Waals surface area contributed by atoms with Crippen LogP contribution in [-0.4, -0.2) is 23.9 Å². The van der Waals surface area contributed by atoms with Gasteiger partial charge in [0.1, 0.15) is 6.04 Å². The minimum absolute atomic E-state index is 0.111. The van der Waals surface area contributed by atoms with E-state index in [1.165, 1.54) is 0 Å². The number of carbonyl (C=O) groups excluding carboxylic acids is 2. The third kappa shape index (κ3) is 4.55. The summed E-state index contributed by atoms with van der Waals surface area (Å²) in [6.07, 6.45) is 1.13. The zero-order valence-corrected chi connectivity index (χ0v) is 13.9. The number of hydrogen-bond acceptors (Lipinski definition) is 2. The molecule has 2 amide bonds. The van der Waals surface area contributed by atoms with Crippen molar-refractivity contribution in [2.24, 2.45) is 0 Å². The fourth-order valence-corrected chi connectivity index (χ4v) is 2.45. The number of nitrogens with one attached hydrogen (secondary N) is 2. The Kier molecular flexibility index (Phi) is 5.74. The monoisotopic (exact) mass is 312 g/mol. The molecule has 2 atom stereocenters. The molecule has 0 radical (unpaired) electrons. The predicted octanol–water partition coefficient (Wildman–Crippen LogP) is 2.80. The van der Waals surface area contributed by atoms with Crippen molar-refractivity contribution in [3.05, 3.63) is 48.0 Å². The van der Waals surface area contributed by atoms with Crippen LogP contribution in [0.5, 0.6) is 0 Å². The summed E-state index contributed by atoms with van der Waals surface area (Å²) < 4.78 is 0. The number of rotatable bonds is 6. The minimum Gasteiger partial charge on any atom is -0.352 e. The highest BCUT2D eigenvalue weighted by Gasteiger charge is 2.17. The second kappa shape index (κ2) is 7.77. The maximum atomic E-state index is 12.2. The number of benzene rings is 2. The lowest BCUT2D eigenvalue weighted by atomic mass is 10.0. The first kappa shape index (κ1) is 17.0. The smallest absolute Gasteiger partial charge is 0.242 e. The van der Waals surface area contributed by atoms with E-state index < -0.39 is 6.04 Å². The summed E-state index contributed by atoms with van der Waals surface area (Å²) >= 11 is 0. The summed E-state index contributed by atoms with van der Waals surface area (Å²) in [5.41, 5.74) is 0.968. The van der Waals surface area contributed by atoms with Crippen LogP contribution >= 0.6 is 0 Å². The molecule has 122 valence electrons. The van der Waals surface area contributed by atoms with E-state index in [1.54, 1.807) is 6.92 Å². The quantitative estimate of drug-likeness (QED) is 0.861. The van der Waals surface area contributed by atoms with Gasteiger partial charge in [0.15, 0.2) is 0 Å². The van der Waals surface area contributed by atoms with E-state index in [2.05, 4.69) is 10.6 Å². The van der Waals surface area contributed by atoms with Gasteiger partial charge in [-0.25, -0.2) is 0 Å². The lowest BCUT2D eigenvalue weighted by Gasteiger charge is -2.17. The fraction of sp³-hybridized carbons (Fsp3) is 0.368. The molecule has 4 heteroatoms. The lowest BCUT2D eigenvalue weighted by Crippen LogP contribution is -2.47. The Labute approximate surface area is 137 Å². The van der Waals surface area contributed by atoms with Crippen molar-refractivity contribution in [3.63, 3.8) is 0 Å². The molecule has 2 N–H and O–H groups in total. The molecule has 0 fully saturated rings. The highest BCUT2D eigenvalue weighted by Crippen LogP contribution is 2.18. The normalized spacial score (nSPS) is 13.3. The van der Waals surface area contributed by atoms with Gasteiger partial charge in [-0.1, -0.05) is 49.4 Å². The van der Waals surface area contributed by atoms with Gasteiger partial charge in [0.2, 0.25) is 11.8 Å². The van der Waals surface area contributed by atoms with E-state index in [4.69, 9.17) is 0 Å². The van der Waals surface area contributed by atoms with E-state index in [1.807, 2.05) is 56.3 Å². The SMILES string of the molecule is CC[C@H](C)NC(=O)[C@@H](C)NC(=O)Cc1cccc2ccccc12. The number of carbonyl (C=O) groups is 2. The van der Waals surface area contributed by atoms with Gasteiger partial charge >= 0.3 is 0 Å². The summed E-state index contributed by atoms with van der Waals surface area (Å²) in [4.78, 5) is 24.2. The van der Waals surface area contributed by atoms with Crippen molar-refractivity contribution < 1.29 is 9.59 Å². The van der Waals surface area contributed by atoms with E-state index in [9.17, 15) is 9.59 Å². The van der Waals surface area contributed by atoms with Gasteiger partial charge in [-0.3, -0.25) is 9.59 Å². The highest BCUT2D eigenvalue weighted by atomic mass is 16.2. The molecular weight excluding hydrogens is 288 g/mol. The second-order valence-corrected chi connectivity index (χ2v) is 5.92. The van der Waals surface area contributed by atoms with Crippen molar-refractivity contribution in [1.82, 2.24) is 10.6 Å². The summed E-state index contributed by atoms with van der Waals surface area (Å²) in [5.74, 6) is -0.293. The molecular formula is C19H24N2O2. The summed E-state index contributed by atoms with van der Waals surface area (Å²) in [5, 5.41) is 7.83. The zero-order chi connectivity index (χ0) is 16.8. The summed E-state index contributed by atoms with van der Waals surface area (Å²) in [6, 6.07) is 13.5. The molecule has 0 bridgehead atoms. The maximum Gasteiger partial charge on any atom is 0.242 e. The first-order valence-corrected chi connectivity index (χ1v) is 8.07. The van der Waals surface area contributed by atoms with Gasteiger partial charge in [0, 0.05) is 6.04 Å². The third-order valence-corrected chi connectivity index (χ3v) is 4.00. The van der Waals surface area contributed by atoms with Crippen molar-refractivity contribution >= 4 is 22.6 Å². The number of hydrogen-bond donors (Lipinski definition) is 2. The molecule has 0 aliphatic rings. The Balaban J connectivity index is 2.00. The molecule has 23 heavy (non-hydrogen) atoms. The molecule has 0 spiro atoms. The maximum absolute atomic E-state index is 12.2. The molecule has 0 heterocycles. The molecule has 2 rings (SSSR count). The second-order valence-electron chi connectivity index (χ2n) is 5.92. The van der Waals surface area contributed by atoms with Crippen LogP contribution in [0, 0.1) is 0 Å². The van der Waals surface area contributed by atoms with E-state index in [0.717, 1.165) is 22.8 Å². The van der Waals surface area contributed by atoms with Crippen LogP contribution in [0.15, 0.2) is 42.5 Å². The van der Waals surface area contributed by atoms with Crippen molar-refractivity contribution in [2.75, 3.05) is 0 Å². The Morgan fingerprint density at radius 3 is 2.43 bits per heavy atom. The van der Waals surface area contributed by atoms with E-state index in [0.29, 0.717) is 0 Å². The van der Waals surface area contributed by atoms with Gasteiger partial charge in [-0.15, -0.1) is 0 Å². The fourth-order valence-electron chi connectivity index (χ4n) is 2.45. The van der Waals surface area contributed by atoms with Gasteiger partial charge in [-0.2, -0.15) is 0 Å². The Morgan fingerprint density at radius 2 is 1.70 bits per heavy atom. The first-order valence-electron chi connectivity index (χ1n) is 8.07. The predicted molar refractivity (Wildman–Crippen MR) is 93.2 cm³/mol. The topological polar surface area (TPSA) is 58.2 Å². The highest BCUT2D eigenvalue weighted by molar-refractivity contribution is 5.92. The Morgan fingerprint density at radius 1 is 1.00 bits per heavy atom. The Bertz CT molecular complexity index is 691. The number of fused-ring (bicyclic) bond motifs is 1. The molecule has 0 aromatic heterocycles. The van der Waals surface area contributed by atoms with Gasteiger partial charge in [0.05, 0.1) is 6.42 Å². The van der Waals surface area contributed by atoms with Crippen molar-refractivity contribution in [1.29, 1.82) is 0 Å². The standard InChI is InChI=1S/C19H24N2O2/c1-4-13(2)20-19(23)14(3)21-18(22)12-16-10-7-9-15-8-5-6-11-17(15)16/h5-11,13-14H,4,12H2,1-3H3,(H,20,23)(H,21,22)/t13-,14+/m0/s1. The molecule has 0 unspecified atom stereocenters. The molecule has 0 aliphatic carbocycles. The first-order chi connectivity index (χ1) is 11.0. The minimum atomic E-state index is -0.536. The van der Waals surface area contributed by atoms with Crippen LogP contribution in [0.3, 0.4) is 0 Å². The van der Waals surface area contributed by atoms with E-state index in [-0.39, 0.29) is 24.3 Å². The van der Waals surface area contributed by atoms with Gasteiger partial charge in [-0.05, 0) is 36.6 Å². The zero-order valence-electron chi connectivity index (χ0n) is 13.9. The van der Waals surface area contributed by atoms with Crippen LogP contribution < -0.4 is 10.6 Å². The van der Waals surface area contributed by atoms with Crippen LogP contribution in [0.4, 0.5) is 0 Å². The van der Waals surface area contributed by atoms with Crippen molar-refractivity contribution in [3.8, 4) is 0 Å². The molecule has 0 saturated heterocycles. The molecule has 0 saturated carbocycles.